The summed E-state index contributed by atoms with van der Waals surface area (Å²) >= 11 is 0. The van der Waals surface area contributed by atoms with Crippen LogP contribution in [-0.2, 0) is 9.47 Å². The van der Waals surface area contributed by atoms with Crippen molar-refractivity contribution >= 4 is 6.16 Å². The molecule has 0 saturated carbocycles. The van der Waals surface area contributed by atoms with E-state index in [2.05, 4.69) is 4.74 Å². The van der Waals surface area contributed by atoms with Crippen LogP contribution in [0.4, 0.5) is 4.79 Å². The molecule has 0 bridgehead atoms. The van der Waals surface area contributed by atoms with Gasteiger partial charge in [0.1, 0.15) is 0 Å². The second-order valence-electron chi connectivity index (χ2n) is 2.16. The van der Waals surface area contributed by atoms with Crippen LogP contribution in [0.3, 0.4) is 0 Å². The molecule has 4 nitrogen and oxygen atoms in total. The summed E-state index contributed by atoms with van der Waals surface area (Å²) in [6.45, 7) is 2.72. The number of carbonyl (C=O) groups is 1. The first-order chi connectivity index (χ1) is 5.77. The van der Waals surface area contributed by atoms with E-state index in [1.54, 1.807) is 12.3 Å². The van der Waals surface area contributed by atoms with Gasteiger partial charge in [-0.2, -0.15) is 0 Å². The lowest BCUT2D eigenvalue weighted by Gasteiger charge is -2.00. The van der Waals surface area contributed by atoms with Crippen LogP contribution in [0.5, 0.6) is 0 Å². The summed E-state index contributed by atoms with van der Waals surface area (Å²) < 4.78 is 9.30. The third-order valence-electron chi connectivity index (χ3n) is 1.11. The Balaban J connectivity index is 2.96. The van der Waals surface area contributed by atoms with Crippen molar-refractivity contribution in [1.29, 1.82) is 0 Å². The third-order valence-corrected chi connectivity index (χ3v) is 1.11. The Morgan fingerprint density at radius 3 is 2.67 bits per heavy atom. The fourth-order valence-corrected chi connectivity index (χ4v) is 0.611. The Morgan fingerprint density at radius 1 is 1.42 bits per heavy atom. The Morgan fingerprint density at radius 2 is 2.08 bits per heavy atom. The van der Waals surface area contributed by atoms with Crippen molar-refractivity contribution in [1.82, 2.24) is 0 Å². The van der Waals surface area contributed by atoms with Crippen LogP contribution < -0.4 is 0 Å². The van der Waals surface area contributed by atoms with Gasteiger partial charge in [-0.3, -0.25) is 0 Å². The number of ether oxygens (including phenoxy) is 2. The number of unbranched alkanes of at least 4 members (excludes halogenated alkanes) is 1. The Bertz CT molecular complexity index is 142. The van der Waals surface area contributed by atoms with Crippen LogP contribution in [0.25, 0.3) is 0 Å². The minimum absolute atomic E-state index is 0.245. The summed E-state index contributed by atoms with van der Waals surface area (Å²) in [5.74, 6) is 0. The maximum Gasteiger partial charge on any atom is 0.505 e. The average molecular weight is 174 g/mol. The molecular weight excluding hydrogens is 160 g/mol. The zero-order valence-electron chi connectivity index (χ0n) is 7.16. The zero-order chi connectivity index (χ0) is 9.23. The summed E-state index contributed by atoms with van der Waals surface area (Å²) in [6.07, 6.45) is 3.69. The van der Waals surface area contributed by atoms with Gasteiger partial charge in [-0.1, -0.05) is 6.08 Å². The van der Waals surface area contributed by atoms with E-state index < -0.39 is 6.16 Å². The van der Waals surface area contributed by atoms with Gasteiger partial charge in [-0.15, -0.1) is 0 Å². The Kier molecular flexibility index (Phi) is 7.13. The largest absolute Gasteiger partial charge is 0.505 e. The van der Waals surface area contributed by atoms with Gasteiger partial charge in [0.2, 0.25) is 0 Å². The van der Waals surface area contributed by atoms with Crippen molar-refractivity contribution in [3.63, 3.8) is 0 Å². The van der Waals surface area contributed by atoms with E-state index in [0.717, 1.165) is 6.42 Å². The third kappa shape index (κ3) is 8.81. The van der Waals surface area contributed by atoms with Crippen molar-refractivity contribution < 1.29 is 19.4 Å². The van der Waals surface area contributed by atoms with Gasteiger partial charge in [-0.05, 0) is 19.8 Å². The first-order valence-electron chi connectivity index (χ1n) is 3.86. The molecule has 0 fully saturated rings. The van der Waals surface area contributed by atoms with Gasteiger partial charge >= 0.3 is 6.16 Å². The van der Waals surface area contributed by atoms with Crippen LogP contribution in [0.15, 0.2) is 12.3 Å². The summed E-state index contributed by atoms with van der Waals surface area (Å²) in [6, 6.07) is 0. The summed E-state index contributed by atoms with van der Waals surface area (Å²) in [7, 11) is 0. The second kappa shape index (κ2) is 7.91. The molecule has 70 valence electrons. The highest BCUT2D eigenvalue weighted by atomic mass is 16.7. The van der Waals surface area contributed by atoms with Gasteiger partial charge < -0.3 is 14.6 Å². The van der Waals surface area contributed by atoms with E-state index >= 15 is 0 Å². The molecule has 0 saturated heterocycles. The molecule has 0 aromatic carbocycles. The molecule has 0 spiro atoms. The van der Waals surface area contributed by atoms with Gasteiger partial charge in [-0.25, -0.2) is 4.79 Å². The first kappa shape index (κ1) is 10.8. The topological polar surface area (TPSA) is 55.8 Å². The fraction of sp³-hybridized carbons (Fsp3) is 0.625. The minimum Gasteiger partial charge on any atom is -0.502 e. The molecule has 0 amide bonds. The molecular formula is C8H14O4. The van der Waals surface area contributed by atoms with Gasteiger partial charge in [0.25, 0.3) is 0 Å². The molecule has 0 unspecified atom stereocenters. The highest BCUT2D eigenvalue weighted by Gasteiger charge is 1.94. The van der Waals surface area contributed by atoms with Crippen molar-refractivity contribution in [2.75, 3.05) is 13.2 Å². The molecule has 0 aliphatic carbocycles. The molecule has 1 N–H and O–H groups in total. The summed E-state index contributed by atoms with van der Waals surface area (Å²) in [4.78, 5) is 9.87. The van der Waals surface area contributed by atoms with E-state index in [1.165, 1.54) is 0 Å². The van der Waals surface area contributed by atoms with Crippen molar-refractivity contribution in [2.45, 2.75) is 19.8 Å². The van der Waals surface area contributed by atoms with Crippen molar-refractivity contribution in [2.24, 2.45) is 0 Å². The maximum atomic E-state index is 9.87. The predicted molar refractivity (Wildman–Crippen MR) is 44.0 cm³/mol. The van der Waals surface area contributed by atoms with Crippen LogP contribution in [-0.4, -0.2) is 24.5 Å². The van der Waals surface area contributed by atoms with Crippen molar-refractivity contribution in [3.8, 4) is 0 Å². The maximum absolute atomic E-state index is 9.87. The normalized spacial score (nSPS) is 10.1. The molecule has 0 aliphatic heterocycles. The van der Waals surface area contributed by atoms with Crippen LogP contribution in [0, 0.1) is 0 Å². The molecule has 0 atom stereocenters. The van der Waals surface area contributed by atoms with E-state index in [0.29, 0.717) is 13.0 Å². The number of rotatable bonds is 6. The van der Waals surface area contributed by atoms with E-state index in [-0.39, 0.29) is 6.61 Å². The number of carboxylic acid groups (broad SMARTS) is 1. The lowest BCUT2D eigenvalue weighted by atomic mass is 10.3. The highest BCUT2D eigenvalue weighted by Crippen LogP contribution is 1.92. The molecule has 0 heterocycles. The lowest BCUT2D eigenvalue weighted by molar-refractivity contribution is 0.0881. The quantitative estimate of drug-likeness (QED) is 0.380. The number of hydrogen-bond donors (Lipinski definition) is 1. The molecule has 4 heteroatoms. The van der Waals surface area contributed by atoms with Gasteiger partial charge in [0.05, 0.1) is 19.5 Å². The average Bonchev–Trinajstić information content (AvgIpc) is 2.02. The molecule has 12 heavy (non-hydrogen) atoms. The predicted octanol–water partition coefficient (Wildman–Crippen LogP) is 2.01. The SMILES string of the molecule is CC=COCCCCOC(=O)O. The van der Waals surface area contributed by atoms with Crippen LogP contribution in [0.2, 0.25) is 0 Å². The number of hydrogen-bond acceptors (Lipinski definition) is 3. The second-order valence-corrected chi connectivity index (χ2v) is 2.16. The van der Waals surface area contributed by atoms with Gasteiger partial charge in [0.15, 0.2) is 0 Å². The van der Waals surface area contributed by atoms with E-state index in [4.69, 9.17) is 9.84 Å². The zero-order valence-corrected chi connectivity index (χ0v) is 7.16. The molecule has 0 aromatic heterocycles. The lowest BCUT2D eigenvalue weighted by Crippen LogP contribution is -2.02. The molecule has 0 aromatic rings. The summed E-state index contributed by atoms with van der Waals surface area (Å²) in [5.41, 5.74) is 0. The van der Waals surface area contributed by atoms with Crippen LogP contribution >= 0.6 is 0 Å². The molecule has 0 aliphatic rings. The Hall–Kier alpha value is -1.19. The highest BCUT2D eigenvalue weighted by molar-refractivity contribution is 5.56. The van der Waals surface area contributed by atoms with Crippen molar-refractivity contribution in [3.05, 3.63) is 12.3 Å². The van der Waals surface area contributed by atoms with Gasteiger partial charge in [0, 0.05) is 0 Å². The summed E-state index contributed by atoms with van der Waals surface area (Å²) in [5, 5.41) is 8.09. The molecule has 0 rings (SSSR count). The Labute approximate surface area is 71.8 Å². The number of allylic oxidation sites excluding steroid dienone is 1. The standard InChI is InChI=1S/C8H14O4/c1-2-5-11-6-3-4-7-12-8(9)10/h2,5H,3-4,6-7H2,1H3,(H,9,10). The minimum atomic E-state index is -1.22. The monoisotopic (exact) mass is 174 g/mol. The van der Waals surface area contributed by atoms with Crippen LogP contribution in [0.1, 0.15) is 19.8 Å². The smallest absolute Gasteiger partial charge is 0.502 e. The fourth-order valence-electron chi connectivity index (χ4n) is 0.611. The van der Waals surface area contributed by atoms with E-state index in [9.17, 15) is 4.79 Å². The first-order valence-corrected chi connectivity index (χ1v) is 3.86. The molecule has 0 radical (unpaired) electrons. The van der Waals surface area contributed by atoms with E-state index in [1.807, 2.05) is 6.92 Å².